The Bertz CT molecular complexity index is 396. The Balaban J connectivity index is 2.27. The number of nitrogens with zero attached hydrogens (tertiary/aromatic N) is 2. The number of anilines is 1. The molecule has 0 aliphatic carbocycles. The highest BCUT2D eigenvalue weighted by Crippen LogP contribution is 2.28. The molecule has 0 spiro atoms. The monoisotopic (exact) mass is 267 g/mol. The predicted octanol–water partition coefficient (Wildman–Crippen LogP) is 2.20. The van der Waals surface area contributed by atoms with Gasteiger partial charge < -0.3 is 15.5 Å². The molecule has 2 N–H and O–H groups in total. The Hall–Kier alpha value is -0.770. The van der Waals surface area contributed by atoms with Gasteiger partial charge in [0.15, 0.2) is 0 Å². The Morgan fingerprint density at radius 3 is 2.78 bits per heavy atom. The zero-order valence-electron chi connectivity index (χ0n) is 11.1. The highest BCUT2D eigenvalue weighted by molar-refractivity contribution is 6.33. The second-order valence-electron chi connectivity index (χ2n) is 5.11. The first-order chi connectivity index (χ1) is 8.63. The van der Waals surface area contributed by atoms with Gasteiger partial charge in [0.1, 0.15) is 0 Å². The van der Waals surface area contributed by atoms with E-state index in [1.807, 2.05) is 18.2 Å². The van der Waals surface area contributed by atoms with Crippen molar-refractivity contribution in [1.29, 1.82) is 0 Å². The fourth-order valence-corrected chi connectivity index (χ4v) is 2.79. The minimum absolute atomic E-state index is 0.333. The molecule has 0 aromatic heterocycles. The van der Waals surface area contributed by atoms with Crippen LogP contribution in [0.4, 0.5) is 5.69 Å². The second-order valence-corrected chi connectivity index (χ2v) is 5.52. The molecule has 1 heterocycles. The molecule has 1 aliphatic heterocycles. The van der Waals surface area contributed by atoms with E-state index in [1.165, 1.54) is 0 Å². The van der Waals surface area contributed by atoms with Crippen molar-refractivity contribution in [2.75, 3.05) is 31.6 Å². The molecule has 0 saturated carbocycles. The third kappa shape index (κ3) is 2.79. The molecule has 1 fully saturated rings. The van der Waals surface area contributed by atoms with Crippen molar-refractivity contribution >= 4 is 17.3 Å². The van der Waals surface area contributed by atoms with Crippen molar-refractivity contribution < 1.29 is 0 Å². The SMILES string of the molecule is CC1CCN(c2ccccc2Cl)C(CN)CN1C. The third-order valence-electron chi connectivity index (χ3n) is 3.91. The largest absolute Gasteiger partial charge is 0.365 e. The zero-order valence-corrected chi connectivity index (χ0v) is 11.9. The van der Waals surface area contributed by atoms with E-state index in [0.29, 0.717) is 18.6 Å². The molecule has 0 bridgehead atoms. The van der Waals surface area contributed by atoms with Gasteiger partial charge in [-0.15, -0.1) is 0 Å². The third-order valence-corrected chi connectivity index (χ3v) is 4.23. The van der Waals surface area contributed by atoms with Crippen molar-refractivity contribution in [1.82, 2.24) is 4.90 Å². The molecule has 1 saturated heterocycles. The van der Waals surface area contributed by atoms with E-state index < -0.39 is 0 Å². The average molecular weight is 268 g/mol. The number of para-hydroxylation sites is 1. The summed E-state index contributed by atoms with van der Waals surface area (Å²) in [7, 11) is 2.17. The van der Waals surface area contributed by atoms with Crippen LogP contribution in [-0.4, -0.2) is 43.7 Å². The highest BCUT2D eigenvalue weighted by Gasteiger charge is 2.26. The van der Waals surface area contributed by atoms with E-state index in [2.05, 4.69) is 29.8 Å². The average Bonchev–Trinajstić information content (AvgIpc) is 2.51. The molecular formula is C14H22ClN3. The lowest BCUT2D eigenvalue weighted by atomic mass is 10.2. The van der Waals surface area contributed by atoms with Crippen LogP contribution in [-0.2, 0) is 0 Å². The molecule has 0 radical (unpaired) electrons. The fourth-order valence-electron chi connectivity index (χ4n) is 2.54. The van der Waals surface area contributed by atoms with Crippen molar-refractivity contribution in [3.63, 3.8) is 0 Å². The van der Waals surface area contributed by atoms with E-state index >= 15 is 0 Å². The minimum Gasteiger partial charge on any atom is -0.365 e. The maximum Gasteiger partial charge on any atom is 0.0639 e. The van der Waals surface area contributed by atoms with Crippen molar-refractivity contribution in [3.8, 4) is 0 Å². The van der Waals surface area contributed by atoms with Crippen LogP contribution in [0.2, 0.25) is 5.02 Å². The van der Waals surface area contributed by atoms with Gasteiger partial charge >= 0.3 is 0 Å². The molecule has 1 aromatic carbocycles. The van der Waals surface area contributed by atoms with Gasteiger partial charge in [-0.05, 0) is 32.5 Å². The first-order valence-electron chi connectivity index (χ1n) is 6.55. The molecule has 4 heteroatoms. The van der Waals surface area contributed by atoms with Crippen LogP contribution in [0.5, 0.6) is 0 Å². The molecule has 18 heavy (non-hydrogen) atoms. The normalized spacial score (nSPS) is 26.1. The van der Waals surface area contributed by atoms with E-state index in [9.17, 15) is 0 Å². The van der Waals surface area contributed by atoms with E-state index in [0.717, 1.165) is 30.2 Å². The van der Waals surface area contributed by atoms with Gasteiger partial charge in [-0.25, -0.2) is 0 Å². The Morgan fingerprint density at radius 2 is 2.11 bits per heavy atom. The van der Waals surface area contributed by atoms with Gasteiger partial charge in [0.25, 0.3) is 0 Å². The van der Waals surface area contributed by atoms with E-state index in [4.69, 9.17) is 17.3 Å². The van der Waals surface area contributed by atoms with Crippen LogP contribution in [0.3, 0.4) is 0 Å². The summed E-state index contributed by atoms with van der Waals surface area (Å²) in [5, 5.41) is 0.813. The summed E-state index contributed by atoms with van der Waals surface area (Å²) in [5.74, 6) is 0. The summed E-state index contributed by atoms with van der Waals surface area (Å²) in [6.07, 6.45) is 1.14. The minimum atomic E-state index is 0.333. The summed E-state index contributed by atoms with van der Waals surface area (Å²) in [4.78, 5) is 4.75. The number of benzene rings is 1. The number of hydrogen-bond donors (Lipinski definition) is 1. The highest BCUT2D eigenvalue weighted by atomic mass is 35.5. The van der Waals surface area contributed by atoms with Crippen LogP contribution < -0.4 is 10.6 Å². The topological polar surface area (TPSA) is 32.5 Å². The van der Waals surface area contributed by atoms with Crippen LogP contribution in [0.1, 0.15) is 13.3 Å². The summed E-state index contributed by atoms with van der Waals surface area (Å²) in [6.45, 7) is 4.92. The molecule has 2 rings (SSSR count). The molecule has 2 unspecified atom stereocenters. The smallest absolute Gasteiger partial charge is 0.0639 e. The van der Waals surface area contributed by atoms with Crippen molar-refractivity contribution in [2.24, 2.45) is 5.73 Å². The van der Waals surface area contributed by atoms with Crippen LogP contribution in [0.25, 0.3) is 0 Å². The number of nitrogens with two attached hydrogens (primary N) is 1. The van der Waals surface area contributed by atoms with Gasteiger partial charge in [-0.3, -0.25) is 0 Å². The molecule has 1 aromatic rings. The molecule has 2 atom stereocenters. The second kappa shape index (κ2) is 5.91. The van der Waals surface area contributed by atoms with Crippen LogP contribution >= 0.6 is 11.6 Å². The lowest BCUT2D eigenvalue weighted by Gasteiger charge is -2.32. The Kier molecular flexibility index (Phi) is 4.49. The predicted molar refractivity (Wildman–Crippen MR) is 78.3 cm³/mol. The lowest BCUT2D eigenvalue weighted by molar-refractivity contribution is 0.256. The van der Waals surface area contributed by atoms with Gasteiger partial charge in [-0.1, -0.05) is 23.7 Å². The standard InChI is InChI=1S/C14H22ClN3/c1-11-7-8-18(12(9-16)10-17(11)2)14-6-4-3-5-13(14)15/h3-6,11-12H,7-10,16H2,1-2H3. The Morgan fingerprint density at radius 1 is 1.39 bits per heavy atom. The van der Waals surface area contributed by atoms with Gasteiger partial charge in [0, 0.05) is 25.7 Å². The van der Waals surface area contributed by atoms with Crippen molar-refractivity contribution in [3.05, 3.63) is 29.3 Å². The van der Waals surface area contributed by atoms with Gasteiger partial charge in [0.05, 0.1) is 16.8 Å². The zero-order chi connectivity index (χ0) is 13.1. The molecular weight excluding hydrogens is 246 g/mol. The molecule has 100 valence electrons. The van der Waals surface area contributed by atoms with Crippen LogP contribution in [0, 0.1) is 0 Å². The fraction of sp³-hybridized carbons (Fsp3) is 0.571. The lowest BCUT2D eigenvalue weighted by Crippen LogP contribution is -2.45. The first-order valence-corrected chi connectivity index (χ1v) is 6.92. The van der Waals surface area contributed by atoms with Crippen molar-refractivity contribution in [2.45, 2.75) is 25.4 Å². The first kappa shape index (κ1) is 13.7. The van der Waals surface area contributed by atoms with Crippen LogP contribution in [0.15, 0.2) is 24.3 Å². The quantitative estimate of drug-likeness (QED) is 0.892. The summed E-state index contributed by atoms with van der Waals surface area (Å²) < 4.78 is 0. The van der Waals surface area contributed by atoms with E-state index in [-0.39, 0.29) is 0 Å². The van der Waals surface area contributed by atoms with E-state index in [1.54, 1.807) is 0 Å². The number of hydrogen-bond acceptors (Lipinski definition) is 3. The molecule has 1 aliphatic rings. The summed E-state index contributed by atoms with van der Waals surface area (Å²) >= 11 is 6.31. The maximum atomic E-state index is 6.31. The van der Waals surface area contributed by atoms with Gasteiger partial charge in [0.2, 0.25) is 0 Å². The number of likely N-dealkylation sites (N-methyl/N-ethyl adjacent to an activating group) is 1. The summed E-state index contributed by atoms with van der Waals surface area (Å²) in [5.41, 5.74) is 7.06. The summed E-state index contributed by atoms with van der Waals surface area (Å²) in [6, 6.07) is 8.96. The number of rotatable bonds is 2. The van der Waals surface area contributed by atoms with Gasteiger partial charge in [-0.2, -0.15) is 0 Å². The number of halogens is 1. The maximum absolute atomic E-state index is 6.31. The molecule has 0 amide bonds. The Labute approximate surface area is 115 Å². The molecule has 3 nitrogen and oxygen atoms in total.